The summed E-state index contributed by atoms with van der Waals surface area (Å²) in [7, 11) is 0. The Morgan fingerprint density at radius 2 is 1.47 bits per heavy atom. The predicted molar refractivity (Wildman–Crippen MR) is 129 cm³/mol. The maximum atomic E-state index is 4.95. The van der Waals surface area contributed by atoms with E-state index in [-0.39, 0.29) is 5.54 Å². The van der Waals surface area contributed by atoms with Crippen molar-refractivity contribution in [2.75, 3.05) is 35.2 Å². The quantitative estimate of drug-likeness (QED) is 0.649. The first-order valence-corrected chi connectivity index (χ1v) is 12.8. The van der Waals surface area contributed by atoms with Crippen molar-refractivity contribution in [1.29, 1.82) is 0 Å². The van der Waals surface area contributed by atoms with Crippen LogP contribution in [0, 0.1) is 17.8 Å². The monoisotopic (exact) mass is 432 g/mol. The van der Waals surface area contributed by atoms with Gasteiger partial charge in [-0.15, -0.1) is 0 Å². The Labute approximate surface area is 191 Å². The number of anilines is 3. The normalized spacial score (nSPS) is 31.0. The molecule has 32 heavy (non-hydrogen) atoms. The first-order chi connectivity index (χ1) is 15.7. The molecule has 0 spiro atoms. The Kier molecular flexibility index (Phi) is 5.40. The first kappa shape index (κ1) is 20.3. The molecule has 4 saturated carbocycles. The fourth-order valence-corrected chi connectivity index (χ4v) is 7.20. The average Bonchev–Trinajstić information content (AvgIpc) is 2.79. The third-order valence-electron chi connectivity index (χ3n) is 8.22. The summed E-state index contributed by atoms with van der Waals surface area (Å²) in [5, 5.41) is 7.38. The number of hydrogen-bond donors (Lipinski definition) is 2. The zero-order valence-electron chi connectivity index (χ0n) is 19.1. The van der Waals surface area contributed by atoms with Gasteiger partial charge in [0.2, 0.25) is 17.8 Å². The van der Waals surface area contributed by atoms with Crippen molar-refractivity contribution in [2.45, 2.75) is 69.7 Å². The van der Waals surface area contributed by atoms with Crippen LogP contribution in [0.5, 0.6) is 0 Å². The van der Waals surface area contributed by atoms with Crippen molar-refractivity contribution >= 4 is 17.8 Å². The van der Waals surface area contributed by atoms with Crippen molar-refractivity contribution in [3.8, 4) is 0 Å². The summed E-state index contributed by atoms with van der Waals surface area (Å²) in [5.74, 6) is 5.05. The predicted octanol–water partition coefficient (Wildman–Crippen LogP) is 4.90. The molecule has 1 aromatic heterocycles. The minimum absolute atomic E-state index is 0.205. The summed E-state index contributed by atoms with van der Waals surface area (Å²) < 4.78 is 0. The Hall–Kier alpha value is -2.37. The van der Waals surface area contributed by atoms with Crippen LogP contribution in [-0.2, 0) is 6.42 Å². The van der Waals surface area contributed by atoms with E-state index in [4.69, 9.17) is 15.0 Å². The van der Waals surface area contributed by atoms with Gasteiger partial charge in [-0.25, -0.2) is 0 Å². The van der Waals surface area contributed by atoms with Crippen LogP contribution in [0.25, 0.3) is 0 Å². The van der Waals surface area contributed by atoms with Gasteiger partial charge >= 0.3 is 0 Å². The van der Waals surface area contributed by atoms with Gasteiger partial charge in [0.25, 0.3) is 0 Å². The van der Waals surface area contributed by atoms with Gasteiger partial charge in [0.1, 0.15) is 0 Å². The Balaban J connectivity index is 1.22. The molecule has 4 bridgehead atoms. The van der Waals surface area contributed by atoms with Gasteiger partial charge in [-0.05, 0) is 87.5 Å². The standard InChI is InChI=1S/C26H36N6/c1-3-7-19(8-4-1)9-10-27-23-28-24(30-25(29-23)32-11-5-2-6-12-32)31-26-16-20-13-21(17-26)15-22(14-20)18-26/h1,3-4,7-8,20-22H,2,5-6,9-18H2,(H2,27,28,29,30,31). The second kappa shape index (κ2) is 8.53. The number of hydrogen-bond acceptors (Lipinski definition) is 6. The fourth-order valence-electron chi connectivity index (χ4n) is 7.20. The number of piperidine rings is 1. The van der Waals surface area contributed by atoms with Crippen LogP contribution in [0.15, 0.2) is 30.3 Å². The van der Waals surface area contributed by atoms with Crippen LogP contribution in [0.2, 0.25) is 0 Å². The molecule has 2 N–H and O–H groups in total. The van der Waals surface area contributed by atoms with Crippen molar-refractivity contribution in [2.24, 2.45) is 17.8 Å². The molecule has 170 valence electrons. The zero-order valence-corrected chi connectivity index (χ0v) is 19.1. The van der Waals surface area contributed by atoms with Crippen LogP contribution in [0.4, 0.5) is 17.8 Å². The lowest BCUT2D eigenvalue weighted by Crippen LogP contribution is -2.55. The molecule has 0 amide bonds. The molecular formula is C26H36N6. The molecule has 1 aliphatic heterocycles. The first-order valence-electron chi connectivity index (χ1n) is 12.8. The maximum absolute atomic E-state index is 4.95. The van der Waals surface area contributed by atoms with E-state index in [0.29, 0.717) is 5.95 Å². The Bertz CT molecular complexity index is 888. The molecule has 1 saturated heterocycles. The van der Waals surface area contributed by atoms with E-state index in [9.17, 15) is 0 Å². The largest absolute Gasteiger partial charge is 0.354 e. The summed E-state index contributed by atoms with van der Waals surface area (Å²) in [6, 6.07) is 10.6. The van der Waals surface area contributed by atoms with Crippen molar-refractivity contribution < 1.29 is 0 Å². The van der Waals surface area contributed by atoms with E-state index < -0.39 is 0 Å². The van der Waals surface area contributed by atoms with Crippen molar-refractivity contribution in [1.82, 2.24) is 15.0 Å². The maximum Gasteiger partial charge on any atom is 0.231 e. The lowest BCUT2D eigenvalue weighted by molar-refractivity contribution is 0.0103. The highest BCUT2D eigenvalue weighted by molar-refractivity contribution is 5.46. The number of benzene rings is 1. The van der Waals surface area contributed by atoms with E-state index in [1.165, 1.54) is 63.4 Å². The van der Waals surface area contributed by atoms with Gasteiger partial charge in [-0.3, -0.25) is 0 Å². The van der Waals surface area contributed by atoms with E-state index >= 15 is 0 Å². The van der Waals surface area contributed by atoms with E-state index in [1.807, 2.05) is 0 Å². The van der Waals surface area contributed by atoms with E-state index in [2.05, 4.69) is 45.9 Å². The number of nitrogens with one attached hydrogen (secondary N) is 2. The van der Waals surface area contributed by atoms with Gasteiger partial charge in [-0.1, -0.05) is 30.3 Å². The highest BCUT2D eigenvalue weighted by Gasteiger charge is 2.51. The highest BCUT2D eigenvalue weighted by atomic mass is 15.3. The molecule has 0 atom stereocenters. The van der Waals surface area contributed by atoms with Crippen LogP contribution in [0.1, 0.15) is 63.4 Å². The van der Waals surface area contributed by atoms with Crippen LogP contribution in [-0.4, -0.2) is 40.1 Å². The summed E-state index contributed by atoms with van der Waals surface area (Å²) in [4.78, 5) is 17.0. The minimum Gasteiger partial charge on any atom is -0.354 e. The SMILES string of the molecule is c1ccc(CCNc2nc(NC34CC5CC(CC(C5)C3)C4)nc(N3CCCCC3)n2)cc1. The second-order valence-electron chi connectivity index (χ2n) is 10.8. The van der Waals surface area contributed by atoms with Crippen LogP contribution < -0.4 is 15.5 Å². The molecule has 0 unspecified atom stereocenters. The van der Waals surface area contributed by atoms with Gasteiger partial charge in [-0.2, -0.15) is 15.0 Å². The number of rotatable bonds is 7. The fraction of sp³-hybridized carbons (Fsp3) is 0.654. The molecule has 5 fully saturated rings. The molecule has 4 aliphatic carbocycles. The lowest BCUT2D eigenvalue weighted by atomic mass is 9.53. The molecule has 6 heteroatoms. The smallest absolute Gasteiger partial charge is 0.231 e. The summed E-state index contributed by atoms with van der Waals surface area (Å²) in [6.45, 7) is 2.92. The zero-order chi connectivity index (χ0) is 21.4. The summed E-state index contributed by atoms with van der Waals surface area (Å²) in [6.07, 6.45) is 12.9. The molecule has 7 rings (SSSR count). The third-order valence-corrected chi connectivity index (χ3v) is 8.22. The summed E-state index contributed by atoms with van der Waals surface area (Å²) >= 11 is 0. The van der Waals surface area contributed by atoms with Crippen molar-refractivity contribution in [3.63, 3.8) is 0 Å². The van der Waals surface area contributed by atoms with E-state index in [0.717, 1.165) is 55.7 Å². The molecular weight excluding hydrogens is 396 g/mol. The minimum atomic E-state index is 0.205. The third kappa shape index (κ3) is 4.28. The average molecular weight is 433 g/mol. The number of nitrogens with zero attached hydrogens (tertiary/aromatic N) is 4. The van der Waals surface area contributed by atoms with Crippen LogP contribution >= 0.6 is 0 Å². The molecule has 1 aromatic carbocycles. The second-order valence-corrected chi connectivity index (χ2v) is 10.8. The molecule has 2 heterocycles. The van der Waals surface area contributed by atoms with Crippen molar-refractivity contribution in [3.05, 3.63) is 35.9 Å². The molecule has 5 aliphatic rings. The molecule has 6 nitrogen and oxygen atoms in total. The highest BCUT2D eigenvalue weighted by Crippen LogP contribution is 2.56. The molecule has 2 aromatic rings. The Morgan fingerprint density at radius 1 is 0.812 bits per heavy atom. The van der Waals surface area contributed by atoms with Crippen LogP contribution in [0.3, 0.4) is 0 Å². The number of aromatic nitrogens is 3. The van der Waals surface area contributed by atoms with Gasteiger partial charge in [0, 0.05) is 25.2 Å². The molecule has 0 radical (unpaired) electrons. The lowest BCUT2D eigenvalue weighted by Gasteiger charge is -2.56. The van der Waals surface area contributed by atoms with Gasteiger partial charge in [0.15, 0.2) is 0 Å². The van der Waals surface area contributed by atoms with Gasteiger partial charge < -0.3 is 15.5 Å². The van der Waals surface area contributed by atoms with Gasteiger partial charge in [0.05, 0.1) is 0 Å². The van der Waals surface area contributed by atoms with E-state index in [1.54, 1.807) is 0 Å². The summed E-state index contributed by atoms with van der Waals surface area (Å²) in [5.41, 5.74) is 1.54. The Morgan fingerprint density at radius 3 is 2.16 bits per heavy atom. The topological polar surface area (TPSA) is 66.0 Å².